The molecule has 0 aliphatic carbocycles. The van der Waals surface area contributed by atoms with E-state index in [0.29, 0.717) is 19.7 Å². The summed E-state index contributed by atoms with van der Waals surface area (Å²) in [4.78, 5) is 14.3. The molecular weight excluding hydrogens is 302 g/mol. The molecule has 4 nitrogen and oxygen atoms in total. The lowest BCUT2D eigenvalue weighted by Gasteiger charge is -2.33. The van der Waals surface area contributed by atoms with Crippen molar-refractivity contribution in [2.24, 2.45) is 0 Å². The average Bonchev–Trinajstić information content (AvgIpc) is 2.61. The molecule has 1 unspecified atom stereocenters. The zero-order valence-corrected chi connectivity index (χ0v) is 14.2. The topological polar surface area (TPSA) is 38.8 Å². The van der Waals surface area contributed by atoms with E-state index in [4.69, 9.17) is 9.47 Å². The monoisotopic (exact) mass is 325 g/mol. The summed E-state index contributed by atoms with van der Waals surface area (Å²) >= 11 is 0. The van der Waals surface area contributed by atoms with Crippen LogP contribution in [0.1, 0.15) is 22.8 Å². The molecule has 0 N–H and O–H groups in total. The summed E-state index contributed by atoms with van der Waals surface area (Å²) in [5.41, 5.74) is 3.36. The van der Waals surface area contributed by atoms with Gasteiger partial charge in [0.1, 0.15) is 11.9 Å². The van der Waals surface area contributed by atoms with Crippen molar-refractivity contribution in [3.05, 3.63) is 65.2 Å². The van der Waals surface area contributed by atoms with Gasteiger partial charge in [-0.05, 0) is 31.0 Å². The molecule has 126 valence electrons. The van der Waals surface area contributed by atoms with Gasteiger partial charge in [0.15, 0.2) is 6.61 Å². The van der Waals surface area contributed by atoms with E-state index in [0.717, 1.165) is 16.9 Å². The Bertz CT molecular complexity index is 696. The molecule has 24 heavy (non-hydrogen) atoms. The molecule has 0 aromatic heterocycles. The smallest absolute Gasteiger partial charge is 0.260 e. The third kappa shape index (κ3) is 3.95. The number of amides is 1. The minimum absolute atomic E-state index is 0.00124. The van der Waals surface area contributed by atoms with E-state index in [-0.39, 0.29) is 18.6 Å². The van der Waals surface area contributed by atoms with E-state index in [9.17, 15) is 4.79 Å². The quantitative estimate of drug-likeness (QED) is 0.866. The van der Waals surface area contributed by atoms with E-state index in [1.165, 1.54) is 5.56 Å². The van der Waals surface area contributed by atoms with Crippen LogP contribution in [0.5, 0.6) is 5.75 Å². The third-order valence-corrected chi connectivity index (χ3v) is 4.31. The van der Waals surface area contributed by atoms with Gasteiger partial charge < -0.3 is 14.4 Å². The normalized spacial score (nSPS) is 17.6. The molecule has 1 fully saturated rings. The molecule has 1 aliphatic heterocycles. The Hall–Kier alpha value is -2.33. The molecule has 3 rings (SSSR count). The second-order valence-electron chi connectivity index (χ2n) is 6.16. The van der Waals surface area contributed by atoms with Gasteiger partial charge in [0.25, 0.3) is 5.91 Å². The van der Waals surface area contributed by atoms with Crippen LogP contribution in [0.2, 0.25) is 0 Å². The van der Waals surface area contributed by atoms with Gasteiger partial charge in [0.2, 0.25) is 0 Å². The first-order valence-electron chi connectivity index (χ1n) is 8.28. The van der Waals surface area contributed by atoms with Crippen molar-refractivity contribution in [2.45, 2.75) is 20.0 Å². The molecule has 0 radical (unpaired) electrons. The number of nitrogens with zero attached hydrogens (tertiary/aromatic N) is 1. The van der Waals surface area contributed by atoms with E-state index in [1.807, 2.05) is 36.1 Å². The number of aryl methyl sites for hydroxylation is 2. The number of rotatable bonds is 4. The maximum Gasteiger partial charge on any atom is 0.260 e. The summed E-state index contributed by atoms with van der Waals surface area (Å²) < 4.78 is 11.5. The fourth-order valence-corrected chi connectivity index (χ4v) is 2.81. The molecule has 0 saturated carbocycles. The number of hydrogen-bond acceptors (Lipinski definition) is 3. The predicted octanol–water partition coefficient (Wildman–Crippen LogP) is 3.28. The fraction of sp³-hybridized carbons (Fsp3) is 0.350. The van der Waals surface area contributed by atoms with Crippen molar-refractivity contribution in [3.8, 4) is 5.75 Å². The number of carbonyl (C=O) groups is 1. The van der Waals surface area contributed by atoms with Crippen LogP contribution < -0.4 is 4.74 Å². The highest BCUT2D eigenvalue weighted by atomic mass is 16.5. The van der Waals surface area contributed by atoms with Gasteiger partial charge >= 0.3 is 0 Å². The summed E-state index contributed by atoms with van der Waals surface area (Å²) in [6, 6.07) is 16.0. The maximum absolute atomic E-state index is 12.5. The lowest BCUT2D eigenvalue weighted by atomic mass is 10.1. The molecule has 1 aliphatic rings. The molecular formula is C20H23NO3. The molecule has 2 aromatic carbocycles. The number of para-hydroxylation sites is 1. The summed E-state index contributed by atoms with van der Waals surface area (Å²) in [7, 11) is 0. The first kappa shape index (κ1) is 16.5. The number of hydrogen-bond donors (Lipinski definition) is 0. The second kappa shape index (κ2) is 7.49. The Labute approximate surface area is 143 Å². The second-order valence-corrected chi connectivity index (χ2v) is 6.16. The van der Waals surface area contributed by atoms with Gasteiger partial charge in [-0.1, -0.05) is 48.0 Å². The zero-order chi connectivity index (χ0) is 16.9. The summed E-state index contributed by atoms with van der Waals surface area (Å²) in [5.74, 6) is 0.757. The highest BCUT2D eigenvalue weighted by Gasteiger charge is 2.25. The number of morpholine rings is 1. The fourth-order valence-electron chi connectivity index (χ4n) is 2.81. The Morgan fingerprint density at radius 2 is 1.92 bits per heavy atom. The summed E-state index contributed by atoms with van der Waals surface area (Å²) in [6.07, 6.45) is -0.0678. The highest BCUT2D eigenvalue weighted by Crippen LogP contribution is 2.23. The minimum atomic E-state index is -0.0678. The first-order chi connectivity index (χ1) is 11.6. The summed E-state index contributed by atoms with van der Waals surface area (Å²) in [5, 5.41) is 0. The highest BCUT2D eigenvalue weighted by molar-refractivity contribution is 5.78. The Morgan fingerprint density at radius 1 is 1.17 bits per heavy atom. The van der Waals surface area contributed by atoms with Crippen LogP contribution in [0.25, 0.3) is 0 Å². The van der Waals surface area contributed by atoms with Crippen molar-refractivity contribution in [1.82, 2.24) is 4.90 Å². The average molecular weight is 325 g/mol. The summed E-state index contributed by atoms with van der Waals surface area (Å²) in [6.45, 7) is 5.82. The van der Waals surface area contributed by atoms with Gasteiger partial charge in [-0.25, -0.2) is 0 Å². The van der Waals surface area contributed by atoms with Crippen LogP contribution in [-0.4, -0.2) is 37.1 Å². The molecule has 0 spiro atoms. The van der Waals surface area contributed by atoms with Crippen LogP contribution >= 0.6 is 0 Å². The molecule has 1 heterocycles. The van der Waals surface area contributed by atoms with E-state index >= 15 is 0 Å². The predicted molar refractivity (Wildman–Crippen MR) is 93.1 cm³/mol. The standard InChI is InChI=1S/C20H23NO3/c1-15-7-9-17(10-8-15)19-13-21(11-12-23-19)20(22)14-24-18-6-4-3-5-16(18)2/h3-10,19H,11-14H2,1-2H3. The Morgan fingerprint density at radius 3 is 2.67 bits per heavy atom. The minimum Gasteiger partial charge on any atom is -0.484 e. The van der Waals surface area contributed by atoms with Crippen LogP contribution in [0, 0.1) is 13.8 Å². The van der Waals surface area contributed by atoms with Gasteiger partial charge in [0.05, 0.1) is 13.2 Å². The largest absolute Gasteiger partial charge is 0.484 e. The van der Waals surface area contributed by atoms with Crippen molar-refractivity contribution >= 4 is 5.91 Å². The molecule has 4 heteroatoms. The van der Waals surface area contributed by atoms with E-state index in [2.05, 4.69) is 31.2 Å². The van der Waals surface area contributed by atoms with E-state index < -0.39 is 0 Å². The van der Waals surface area contributed by atoms with Crippen LogP contribution in [-0.2, 0) is 9.53 Å². The van der Waals surface area contributed by atoms with Crippen molar-refractivity contribution in [2.75, 3.05) is 26.3 Å². The van der Waals surface area contributed by atoms with Crippen LogP contribution in [0.3, 0.4) is 0 Å². The van der Waals surface area contributed by atoms with Crippen molar-refractivity contribution < 1.29 is 14.3 Å². The van der Waals surface area contributed by atoms with Crippen molar-refractivity contribution in [3.63, 3.8) is 0 Å². The van der Waals surface area contributed by atoms with Gasteiger partial charge in [0, 0.05) is 6.54 Å². The van der Waals surface area contributed by atoms with Crippen molar-refractivity contribution in [1.29, 1.82) is 0 Å². The number of carbonyl (C=O) groups excluding carboxylic acids is 1. The molecule has 1 atom stereocenters. The third-order valence-electron chi connectivity index (χ3n) is 4.31. The first-order valence-corrected chi connectivity index (χ1v) is 8.28. The molecule has 1 saturated heterocycles. The van der Waals surface area contributed by atoms with Gasteiger partial charge in [-0.2, -0.15) is 0 Å². The Kier molecular flexibility index (Phi) is 5.16. The lowest BCUT2D eigenvalue weighted by Crippen LogP contribution is -2.44. The SMILES string of the molecule is Cc1ccc(C2CN(C(=O)COc3ccccc3C)CCO2)cc1. The van der Waals surface area contributed by atoms with E-state index in [1.54, 1.807) is 0 Å². The van der Waals surface area contributed by atoms with Crippen LogP contribution in [0.4, 0.5) is 0 Å². The van der Waals surface area contributed by atoms with Gasteiger partial charge in [-0.15, -0.1) is 0 Å². The Balaban J connectivity index is 1.59. The van der Waals surface area contributed by atoms with Crippen LogP contribution in [0.15, 0.2) is 48.5 Å². The number of benzene rings is 2. The molecule has 0 bridgehead atoms. The lowest BCUT2D eigenvalue weighted by molar-refractivity contribution is -0.141. The van der Waals surface area contributed by atoms with Gasteiger partial charge in [-0.3, -0.25) is 4.79 Å². The maximum atomic E-state index is 12.5. The molecule has 2 aromatic rings. The number of ether oxygens (including phenoxy) is 2. The molecule has 1 amide bonds. The zero-order valence-electron chi connectivity index (χ0n) is 14.2.